The molecule has 23 heavy (non-hydrogen) atoms. The number of hydrogen-bond donors (Lipinski definition) is 1. The number of aryl methyl sites for hydroxylation is 1. The maximum atomic E-state index is 12.1. The van der Waals surface area contributed by atoms with E-state index in [1.807, 2.05) is 31.2 Å². The zero-order valence-corrected chi connectivity index (χ0v) is 13.9. The van der Waals surface area contributed by atoms with Crippen LogP contribution in [0.25, 0.3) is 0 Å². The van der Waals surface area contributed by atoms with Gasteiger partial charge in [0.05, 0.1) is 0 Å². The predicted molar refractivity (Wildman–Crippen MR) is 88.8 cm³/mol. The molecule has 2 aromatic carbocycles. The summed E-state index contributed by atoms with van der Waals surface area (Å²) in [5.74, 6) is -0.138. The molecule has 6 nitrogen and oxygen atoms in total. The lowest BCUT2D eigenvalue weighted by Crippen LogP contribution is -2.27. The zero-order chi connectivity index (χ0) is 17.0. The first-order valence-electron chi connectivity index (χ1n) is 6.88. The number of nitrogens with one attached hydrogen (secondary N) is 1. The van der Waals surface area contributed by atoms with E-state index in [1.165, 1.54) is 38.4 Å². The van der Waals surface area contributed by atoms with Crippen molar-refractivity contribution in [3.8, 4) is 5.75 Å². The molecule has 0 spiro atoms. The van der Waals surface area contributed by atoms with Gasteiger partial charge in [0.1, 0.15) is 5.75 Å². The summed E-state index contributed by atoms with van der Waals surface area (Å²) in [5, 5.41) is 2.77. The minimum Gasteiger partial charge on any atom is -0.371 e. The molecule has 2 aromatic rings. The first kappa shape index (κ1) is 17.0. The highest BCUT2D eigenvalue weighted by Gasteiger charge is 2.16. The van der Waals surface area contributed by atoms with E-state index in [1.54, 1.807) is 0 Å². The molecule has 2 rings (SSSR count). The van der Waals surface area contributed by atoms with Crippen molar-refractivity contribution in [2.24, 2.45) is 0 Å². The Morgan fingerprint density at radius 1 is 1.00 bits per heavy atom. The second-order valence-electron chi connectivity index (χ2n) is 5.17. The molecule has 0 aliphatic carbocycles. The highest BCUT2D eigenvalue weighted by Crippen LogP contribution is 2.17. The van der Waals surface area contributed by atoms with Gasteiger partial charge in [-0.1, -0.05) is 17.7 Å². The Hall–Kier alpha value is -2.38. The fourth-order valence-corrected chi connectivity index (χ4v) is 2.20. The maximum absolute atomic E-state index is 12.1. The van der Waals surface area contributed by atoms with Crippen LogP contribution in [0.2, 0.25) is 0 Å². The lowest BCUT2D eigenvalue weighted by Gasteiger charge is -2.12. The third-order valence-corrected chi connectivity index (χ3v) is 4.37. The van der Waals surface area contributed by atoms with Gasteiger partial charge in [0.25, 0.3) is 5.91 Å². The number of nitrogens with zero attached hydrogens (tertiary/aromatic N) is 1. The lowest BCUT2D eigenvalue weighted by molar-refractivity contribution is 0.102. The van der Waals surface area contributed by atoms with Gasteiger partial charge in [0.15, 0.2) is 0 Å². The number of rotatable bonds is 5. The molecule has 0 unspecified atom stereocenters. The summed E-state index contributed by atoms with van der Waals surface area (Å²) in [5.41, 5.74) is 2.20. The van der Waals surface area contributed by atoms with Crippen molar-refractivity contribution >= 4 is 21.9 Å². The minimum atomic E-state index is -3.80. The third-order valence-electron chi connectivity index (χ3n) is 3.07. The largest absolute Gasteiger partial charge is 0.384 e. The highest BCUT2D eigenvalue weighted by molar-refractivity contribution is 7.84. The molecule has 0 radical (unpaired) electrons. The molecule has 122 valence electrons. The molecule has 0 saturated carbocycles. The molecule has 1 N–H and O–H groups in total. The first-order chi connectivity index (χ1) is 10.8. The second-order valence-corrected chi connectivity index (χ2v) is 6.92. The Morgan fingerprint density at radius 3 is 2.09 bits per heavy atom. The molecule has 7 heteroatoms. The number of benzene rings is 2. The summed E-state index contributed by atoms with van der Waals surface area (Å²) in [6.07, 6.45) is 0. The van der Waals surface area contributed by atoms with Crippen molar-refractivity contribution in [3.05, 3.63) is 59.7 Å². The van der Waals surface area contributed by atoms with Gasteiger partial charge in [-0.3, -0.25) is 4.79 Å². The molecular formula is C16H18N2O4S. The summed E-state index contributed by atoms with van der Waals surface area (Å²) >= 11 is 0. The number of anilines is 1. The minimum absolute atomic E-state index is 0.144. The zero-order valence-electron chi connectivity index (χ0n) is 13.1. The summed E-state index contributed by atoms with van der Waals surface area (Å²) in [4.78, 5) is 12.1. The van der Waals surface area contributed by atoms with Gasteiger partial charge in [-0.2, -0.15) is 12.7 Å². The van der Waals surface area contributed by atoms with Crippen molar-refractivity contribution in [1.82, 2.24) is 4.31 Å². The molecule has 0 heterocycles. The fourth-order valence-electron chi connectivity index (χ4n) is 1.70. The molecule has 0 aliphatic heterocycles. The van der Waals surface area contributed by atoms with Gasteiger partial charge in [-0.05, 0) is 43.3 Å². The van der Waals surface area contributed by atoms with Gasteiger partial charge in [0, 0.05) is 25.3 Å². The Balaban J connectivity index is 2.07. The van der Waals surface area contributed by atoms with Crippen LogP contribution in [0.1, 0.15) is 15.9 Å². The first-order valence-corrected chi connectivity index (χ1v) is 8.24. The quantitative estimate of drug-likeness (QED) is 0.911. The van der Waals surface area contributed by atoms with E-state index in [-0.39, 0.29) is 11.7 Å². The summed E-state index contributed by atoms with van der Waals surface area (Å²) in [7, 11) is -1.06. The van der Waals surface area contributed by atoms with Crippen LogP contribution in [0, 0.1) is 6.92 Å². The van der Waals surface area contributed by atoms with Crippen LogP contribution in [-0.4, -0.2) is 32.7 Å². The number of carbonyl (C=O) groups excluding carboxylic acids is 1. The van der Waals surface area contributed by atoms with E-state index in [0.29, 0.717) is 11.3 Å². The van der Waals surface area contributed by atoms with Crippen molar-refractivity contribution < 1.29 is 17.4 Å². The van der Waals surface area contributed by atoms with E-state index in [9.17, 15) is 13.2 Å². The lowest BCUT2D eigenvalue weighted by atomic mass is 10.2. The summed E-state index contributed by atoms with van der Waals surface area (Å²) < 4.78 is 29.1. The molecular weight excluding hydrogens is 316 g/mol. The van der Waals surface area contributed by atoms with Crippen molar-refractivity contribution in [2.45, 2.75) is 6.92 Å². The van der Waals surface area contributed by atoms with E-state index in [4.69, 9.17) is 4.18 Å². The van der Waals surface area contributed by atoms with Crippen LogP contribution < -0.4 is 9.50 Å². The molecule has 0 fully saturated rings. The average Bonchev–Trinajstić information content (AvgIpc) is 2.49. The van der Waals surface area contributed by atoms with Crippen molar-refractivity contribution in [3.63, 3.8) is 0 Å². The van der Waals surface area contributed by atoms with Crippen LogP contribution in [-0.2, 0) is 10.3 Å². The standard InChI is InChI=1S/C16H18N2O4S/c1-12-4-8-14(9-5-12)17-16(19)13-6-10-15(11-7-13)22-23(20,21)18(2)3/h4-11H,1-3H3,(H,17,19). The third kappa shape index (κ3) is 4.54. The molecule has 0 bridgehead atoms. The Kier molecular flexibility index (Phi) is 5.02. The number of amides is 1. The number of carbonyl (C=O) groups is 1. The monoisotopic (exact) mass is 334 g/mol. The van der Waals surface area contributed by atoms with Gasteiger partial charge in [0.2, 0.25) is 0 Å². The van der Waals surface area contributed by atoms with E-state index in [0.717, 1.165) is 9.87 Å². The van der Waals surface area contributed by atoms with Crippen molar-refractivity contribution in [1.29, 1.82) is 0 Å². The molecule has 0 aromatic heterocycles. The Morgan fingerprint density at radius 2 is 1.57 bits per heavy atom. The molecule has 0 atom stereocenters. The predicted octanol–water partition coefficient (Wildman–Crippen LogP) is 2.43. The molecule has 0 aliphatic rings. The van der Waals surface area contributed by atoms with Crippen LogP contribution in [0.15, 0.2) is 48.5 Å². The van der Waals surface area contributed by atoms with E-state index >= 15 is 0 Å². The molecule has 0 saturated heterocycles. The maximum Gasteiger partial charge on any atom is 0.384 e. The normalized spacial score (nSPS) is 11.3. The summed E-state index contributed by atoms with van der Waals surface area (Å²) in [6.45, 7) is 1.96. The van der Waals surface area contributed by atoms with Crippen molar-refractivity contribution in [2.75, 3.05) is 19.4 Å². The van der Waals surface area contributed by atoms with Gasteiger partial charge in [-0.15, -0.1) is 0 Å². The molecule has 1 amide bonds. The smallest absolute Gasteiger partial charge is 0.371 e. The SMILES string of the molecule is Cc1ccc(NC(=O)c2ccc(OS(=O)(=O)N(C)C)cc2)cc1. The summed E-state index contributed by atoms with van der Waals surface area (Å²) in [6, 6.07) is 13.3. The number of hydrogen-bond acceptors (Lipinski definition) is 4. The highest BCUT2D eigenvalue weighted by atomic mass is 32.2. The average molecular weight is 334 g/mol. The van der Waals surface area contributed by atoms with E-state index in [2.05, 4.69) is 5.32 Å². The van der Waals surface area contributed by atoms with Crippen LogP contribution in [0.5, 0.6) is 5.75 Å². The fraction of sp³-hybridized carbons (Fsp3) is 0.188. The Bertz CT molecular complexity index is 782. The van der Waals surface area contributed by atoms with Crippen LogP contribution in [0.3, 0.4) is 0 Å². The second kappa shape index (κ2) is 6.80. The van der Waals surface area contributed by atoms with Gasteiger partial charge >= 0.3 is 10.3 Å². The van der Waals surface area contributed by atoms with Crippen LogP contribution in [0.4, 0.5) is 5.69 Å². The Labute approximate surface area is 136 Å². The van der Waals surface area contributed by atoms with Gasteiger partial charge < -0.3 is 9.50 Å². The van der Waals surface area contributed by atoms with E-state index < -0.39 is 10.3 Å². The topological polar surface area (TPSA) is 75.7 Å². The van der Waals surface area contributed by atoms with Gasteiger partial charge in [-0.25, -0.2) is 0 Å². The van der Waals surface area contributed by atoms with Crippen LogP contribution >= 0.6 is 0 Å².